The average molecular weight is 259 g/mol. The van der Waals surface area contributed by atoms with Crippen molar-refractivity contribution in [3.63, 3.8) is 0 Å². The fraction of sp³-hybridized carbons (Fsp3) is 0.429. The third-order valence-corrected chi connectivity index (χ3v) is 3.63. The van der Waals surface area contributed by atoms with E-state index >= 15 is 0 Å². The summed E-state index contributed by atoms with van der Waals surface area (Å²) in [5.74, 6) is 0.899. The number of hydrogen-bond donors (Lipinski definition) is 1. The van der Waals surface area contributed by atoms with Crippen LogP contribution in [0.25, 0.3) is 0 Å². The number of rotatable bonds is 2. The van der Waals surface area contributed by atoms with Crippen molar-refractivity contribution in [3.8, 4) is 0 Å². The van der Waals surface area contributed by atoms with Gasteiger partial charge in [0.1, 0.15) is 5.76 Å². The summed E-state index contributed by atoms with van der Waals surface area (Å²) in [6.45, 7) is 0.773. The number of nitrogens with zero attached hydrogens (tertiary/aromatic N) is 2. The largest absolute Gasteiger partial charge is 0.467 e. The van der Waals surface area contributed by atoms with Crippen molar-refractivity contribution in [1.29, 1.82) is 0 Å². The Morgan fingerprint density at radius 1 is 1.42 bits per heavy atom. The maximum Gasteiger partial charge on any atom is 0.257 e. The summed E-state index contributed by atoms with van der Waals surface area (Å²) in [5, 5.41) is 6.55. The van der Waals surface area contributed by atoms with Gasteiger partial charge in [0.2, 0.25) is 0 Å². The number of hydrogen-bond acceptors (Lipinski definition) is 3. The fourth-order valence-electron chi connectivity index (χ4n) is 2.66. The van der Waals surface area contributed by atoms with E-state index in [1.807, 2.05) is 17.0 Å². The monoisotopic (exact) mass is 259 g/mol. The fourth-order valence-corrected chi connectivity index (χ4v) is 2.66. The molecule has 0 aliphatic carbocycles. The van der Waals surface area contributed by atoms with Gasteiger partial charge in [-0.25, -0.2) is 0 Å². The Balaban J connectivity index is 1.88. The van der Waals surface area contributed by atoms with Crippen molar-refractivity contribution in [3.05, 3.63) is 42.1 Å². The highest BCUT2D eigenvalue weighted by atomic mass is 16.3. The molecule has 3 rings (SSSR count). The van der Waals surface area contributed by atoms with E-state index in [4.69, 9.17) is 4.42 Å². The van der Waals surface area contributed by atoms with Gasteiger partial charge in [0, 0.05) is 12.7 Å². The van der Waals surface area contributed by atoms with Gasteiger partial charge in [-0.2, -0.15) is 5.10 Å². The summed E-state index contributed by atoms with van der Waals surface area (Å²) in [7, 11) is 0. The van der Waals surface area contributed by atoms with E-state index in [0.717, 1.165) is 38.0 Å². The SMILES string of the molecule is O=C(c1cn[nH]c1)N1CCCCCC1c1ccco1. The molecule has 0 bridgehead atoms. The molecule has 1 aliphatic heterocycles. The zero-order valence-electron chi connectivity index (χ0n) is 10.7. The molecule has 0 spiro atoms. The maximum absolute atomic E-state index is 12.5. The van der Waals surface area contributed by atoms with Crippen molar-refractivity contribution >= 4 is 5.91 Å². The predicted octanol–water partition coefficient (Wildman–Crippen LogP) is 2.76. The van der Waals surface area contributed by atoms with Crippen molar-refractivity contribution < 1.29 is 9.21 Å². The lowest BCUT2D eigenvalue weighted by molar-refractivity contribution is 0.0658. The number of carbonyl (C=O) groups is 1. The summed E-state index contributed by atoms with van der Waals surface area (Å²) in [6.07, 6.45) is 9.17. The molecule has 1 atom stereocenters. The van der Waals surface area contributed by atoms with Gasteiger partial charge in [0.15, 0.2) is 0 Å². The highest BCUT2D eigenvalue weighted by molar-refractivity contribution is 5.94. The van der Waals surface area contributed by atoms with Gasteiger partial charge in [-0.15, -0.1) is 0 Å². The third-order valence-electron chi connectivity index (χ3n) is 3.63. The van der Waals surface area contributed by atoms with Gasteiger partial charge >= 0.3 is 0 Å². The van der Waals surface area contributed by atoms with Crippen LogP contribution in [0.15, 0.2) is 35.2 Å². The van der Waals surface area contributed by atoms with Crippen LogP contribution in [-0.4, -0.2) is 27.5 Å². The van der Waals surface area contributed by atoms with Crippen molar-refractivity contribution in [2.45, 2.75) is 31.7 Å². The molecule has 1 unspecified atom stereocenters. The number of furan rings is 1. The first-order chi connectivity index (χ1) is 9.36. The minimum Gasteiger partial charge on any atom is -0.467 e. The number of amides is 1. The zero-order chi connectivity index (χ0) is 13.1. The number of aromatic nitrogens is 2. The Labute approximate surface area is 111 Å². The summed E-state index contributed by atoms with van der Waals surface area (Å²) in [6, 6.07) is 3.87. The molecule has 1 fully saturated rings. The van der Waals surface area contributed by atoms with Crippen molar-refractivity contribution in [2.75, 3.05) is 6.54 Å². The highest BCUT2D eigenvalue weighted by Crippen LogP contribution is 2.31. The summed E-state index contributed by atoms with van der Waals surface area (Å²) >= 11 is 0. The molecule has 1 aliphatic rings. The van der Waals surface area contributed by atoms with Gasteiger partial charge in [-0.05, 0) is 25.0 Å². The normalized spacial score (nSPS) is 20.2. The second-order valence-electron chi connectivity index (χ2n) is 4.87. The lowest BCUT2D eigenvalue weighted by atomic mass is 10.1. The van der Waals surface area contributed by atoms with Crippen LogP contribution < -0.4 is 0 Å². The molecule has 2 aromatic heterocycles. The van der Waals surface area contributed by atoms with Crippen LogP contribution in [0.2, 0.25) is 0 Å². The van der Waals surface area contributed by atoms with Crippen LogP contribution in [0.4, 0.5) is 0 Å². The van der Waals surface area contributed by atoms with E-state index in [0.29, 0.717) is 5.56 Å². The van der Waals surface area contributed by atoms with Gasteiger partial charge in [-0.3, -0.25) is 9.89 Å². The van der Waals surface area contributed by atoms with Crippen LogP contribution in [0, 0.1) is 0 Å². The quantitative estimate of drug-likeness (QED) is 0.902. The van der Waals surface area contributed by atoms with E-state index in [9.17, 15) is 4.79 Å². The summed E-state index contributed by atoms with van der Waals surface area (Å²) in [5.41, 5.74) is 0.610. The molecule has 5 nitrogen and oxygen atoms in total. The van der Waals surface area contributed by atoms with Gasteiger partial charge in [0.25, 0.3) is 5.91 Å². The van der Waals surface area contributed by atoms with Crippen molar-refractivity contribution in [1.82, 2.24) is 15.1 Å². The number of carbonyl (C=O) groups excluding carboxylic acids is 1. The summed E-state index contributed by atoms with van der Waals surface area (Å²) in [4.78, 5) is 14.5. The molecule has 1 N–H and O–H groups in total. The smallest absolute Gasteiger partial charge is 0.257 e. The molecule has 3 heterocycles. The number of aromatic amines is 1. The first kappa shape index (κ1) is 12.0. The van der Waals surface area contributed by atoms with E-state index in [1.165, 1.54) is 0 Å². The minimum atomic E-state index is 0.0250. The van der Waals surface area contributed by atoms with Crippen LogP contribution in [0.1, 0.15) is 47.8 Å². The topological polar surface area (TPSA) is 62.1 Å². The van der Waals surface area contributed by atoms with Crippen LogP contribution in [-0.2, 0) is 0 Å². The molecule has 0 saturated carbocycles. The molecule has 0 aromatic carbocycles. The highest BCUT2D eigenvalue weighted by Gasteiger charge is 2.29. The Morgan fingerprint density at radius 3 is 3.11 bits per heavy atom. The van der Waals surface area contributed by atoms with Gasteiger partial charge in [-0.1, -0.05) is 12.8 Å². The third kappa shape index (κ3) is 2.41. The first-order valence-electron chi connectivity index (χ1n) is 6.69. The lowest BCUT2D eigenvalue weighted by Gasteiger charge is -2.28. The number of nitrogens with one attached hydrogen (secondary N) is 1. The van der Waals surface area contributed by atoms with Gasteiger partial charge in [0.05, 0.1) is 24.1 Å². The van der Waals surface area contributed by atoms with E-state index in [2.05, 4.69) is 10.2 Å². The maximum atomic E-state index is 12.5. The molecule has 0 radical (unpaired) electrons. The van der Waals surface area contributed by atoms with E-state index in [-0.39, 0.29) is 11.9 Å². The lowest BCUT2D eigenvalue weighted by Crippen LogP contribution is -2.34. The molecule has 1 saturated heterocycles. The van der Waals surface area contributed by atoms with Crippen LogP contribution in [0.3, 0.4) is 0 Å². The molecular formula is C14H17N3O2. The van der Waals surface area contributed by atoms with E-state index in [1.54, 1.807) is 18.7 Å². The number of H-pyrrole nitrogens is 1. The summed E-state index contributed by atoms with van der Waals surface area (Å²) < 4.78 is 5.51. The Morgan fingerprint density at radius 2 is 2.37 bits per heavy atom. The molecular weight excluding hydrogens is 242 g/mol. The molecule has 5 heteroatoms. The Bertz CT molecular complexity index is 519. The zero-order valence-corrected chi connectivity index (χ0v) is 10.7. The molecule has 19 heavy (non-hydrogen) atoms. The number of likely N-dealkylation sites (tertiary alicyclic amines) is 1. The second-order valence-corrected chi connectivity index (χ2v) is 4.87. The molecule has 1 amide bonds. The Kier molecular flexibility index (Phi) is 3.35. The second kappa shape index (κ2) is 5.30. The minimum absolute atomic E-state index is 0.0250. The predicted molar refractivity (Wildman–Crippen MR) is 69.5 cm³/mol. The van der Waals surface area contributed by atoms with Crippen LogP contribution >= 0.6 is 0 Å². The van der Waals surface area contributed by atoms with Crippen LogP contribution in [0.5, 0.6) is 0 Å². The van der Waals surface area contributed by atoms with E-state index < -0.39 is 0 Å². The van der Waals surface area contributed by atoms with Crippen molar-refractivity contribution in [2.24, 2.45) is 0 Å². The first-order valence-corrected chi connectivity index (χ1v) is 6.69. The molecule has 100 valence electrons. The average Bonchev–Trinajstić information content (AvgIpc) is 3.08. The standard InChI is InChI=1S/C14H17N3O2/c18-14(11-9-15-16-10-11)17-7-3-1-2-5-12(17)13-6-4-8-19-13/h4,6,8-10,12H,1-3,5,7H2,(H,15,16). The van der Waals surface area contributed by atoms with Gasteiger partial charge < -0.3 is 9.32 Å². The molecule has 2 aromatic rings. The Hall–Kier alpha value is -2.04.